The molecule has 0 unspecified atom stereocenters. The maximum Gasteiger partial charge on any atom is 0.336 e. The summed E-state index contributed by atoms with van der Waals surface area (Å²) >= 11 is 1.47. The molecule has 0 aliphatic rings. The Labute approximate surface area is 168 Å². The summed E-state index contributed by atoms with van der Waals surface area (Å²) in [6.45, 7) is 2.51. The summed E-state index contributed by atoms with van der Waals surface area (Å²) in [4.78, 5) is 24.0. The highest BCUT2D eigenvalue weighted by Crippen LogP contribution is 2.23. The highest BCUT2D eigenvalue weighted by Gasteiger charge is 2.08. The molecule has 3 rings (SSSR count). The lowest BCUT2D eigenvalue weighted by atomic mass is 10.1. The molecule has 0 saturated carbocycles. The van der Waals surface area contributed by atoms with Crippen LogP contribution in [-0.4, -0.2) is 18.8 Å². The quantitative estimate of drug-likeness (QED) is 0.584. The first-order valence-corrected chi connectivity index (χ1v) is 10.3. The predicted molar refractivity (Wildman–Crippen MR) is 113 cm³/mol. The molecule has 0 bridgehead atoms. The second-order valence-corrected chi connectivity index (χ2v) is 7.38. The van der Waals surface area contributed by atoms with Gasteiger partial charge < -0.3 is 14.5 Å². The van der Waals surface area contributed by atoms with E-state index in [1.165, 1.54) is 17.8 Å². The number of fused-ring (bicyclic) bond motifs is 1. The number of aryl methyl sites for hydroxylation is 1. The molecule has 146 valence electrons. The van der Waals surface area contributed by atoms with Crippen LogP contribution in [0.2, 0.25) is 0 Å². The van der Waals surface area contributed by atoms with Crippen molar-refractivity contribution in [3.8, 4) is 5.75 Å². The van der Waals surface area contributed by atoms with Crippen LogP contribution in [0.3, 0.4) is 0 Å². The number of carbonyl (C=O) groups is 1. The van der Waals surface area contributed by atoms with E-state index in [9.17, 15) is 9.59 Å². The van der Waals surface area contributed by atoms with Crippen LogP contribution in [0.25, 0.3) is 11.0 Å². The number of hydrogen-bond donors (Lipinski definition) is 1. The second-order valence-electron chi connectivity index (χ2n) is 6.40. The Kier molecular flexibility index (Phi) is 6.76. The Morgan fingerprint density at radius 2 is 2.00 bits per heavy atom. The van der Waals surface area contributed by atoms with Crippen molar-refractivity contribution in [1.82, 2.24) is 5.32 Å². The van der Waals surface area contributed by atoms with E-state index in [0.717, 1.165) is 34.2 Å². The predicted octanol–water partition coefficient (Wildman–Crippen LogP) is 3.91. The smallest absolute Gasteiger partial charge is 0.336 e. The summed E-state index contributed by atoms with van der Waals surface area (Å²) in [6, 6.07) is 15.0. The van der Waals surface area contributed by atoms with Crippen molar-refractivity contribution in [2.24, 2.45) is 0 Å². The van der Waals surface area contributed by atoms with Gasteiger partial charge in [-0.05, 0) is 41.3 Å². The first-order chi connectivity index (χ1) is 13.6. The molecule has 1 aromatic heterocycles. The van der Waals surface area contributed by atoms with Gasteiger partial charge in [-0.2, -0.15) is 0 Å². The van der Waals surface area contributed by atoms with Gasteiger partial charge in [0.15, 0.2) is 0 Å². The molecule has 1 heterocycles. The Morgan fingerprint density at radius 1 is 1.14 bits per heavy atom. The Balaban J connectivity index is 1.57. The van der Waals surface area contributed by atoms with Gasteiger partial charge in [0.05, 0.1) is 12.9 Å². The van der Waals surface area contributed by atoms with Crippen LogP contribution < -0.4 is 15.7 Å². The van der Waals surface area contributed by atoms with Crippen molar-refractivity contribution in [2.45, 2.75) is 25.6 Å². The Bertz CT molecular complexity index is 1030. The highest BCUT2D eigenvalue weighted by molar-refractivity contribution is 7.99. The summed E-state index contributed by atoms with van der Waals surface area (Å²) in [6.07, 6.45) is 0.881. The number of thioether (sulfide) groups is 1. The molecule has 0 aliphatic carbocycles. The minimum Gasteiger partial charge on any atom is -0.497 e. The fourth-order valence-corrected chi connectivity index (χ4v) is 3.75. The molecule has 0 atom stereocenters. The molecular weight excluding hydrogens is 374 g/mol. The van der Waals surface area contributed by atoms with Crippen molar-refractivity contribution >= 4 is 28.6 Å². The van der Waals surface area contributed by atoms with Gasteiger partial charge in [-0.3, -0.25) is 4.79 Å². The minimum atomic E-state index is -0.362. The van der Waals surface area contributed by atoms with Crippen LogP contribution in [0.1, 0.15) is 23.6 Å². The lowest BCUT2D eigenvalue weighted by Crippen LogP contribution is -2.24. The van der Waals surface area contributed by atoms with Gasteiger partial charge >= 0.3 is 5.63 Å². The molecule has 0 aliphatic heterocycles. The van der Waals surface area contributed by atoms with E-state index in [-0.39, 0.29) is 11.5 Å². The number of amides is 1. The number of methoxy groups -OCH3 is 1. The number of nitrogens with one attached hydrogen (secondary N) is 1. The standard InChI is InChI=1S/C22H23NO4S/c1-3-15-7-8-19-17(11-22(25)27-20(19)10-15)13-28-14-21(24)23-12-16-5-4-6-18(9-16)26-2/h4-11H,3,12-14H2,1-2H3,(H,23,24). The van der Waals surface area contributed by atoms with Crippen molar-refractivity contribution in [1.29, 1.82) is 0 Å². The topological polar surface area (TPSA) is 68.5 Å². The Morgan fingerprint density at radius 3 is 2.79 bits per heavy atom. The molecule has 0 fully saturated rings. The van der Waals surface area contributed by atoms with E-state index in [1.807, 2.05) is 42.5 Å². The molecule has 0 saturated heterocycles. The van der Waals surface area contributed by atoms with Gasteiger partial charge in [0.25, 0.3) is 0 Å². The maximum atomic E-state index is 12.1. The fourth-order valence-electron chi connectivity index (χ4n) is 2.90. The molecule has 1 N–H and O–H groups in total. The molecule has 1 amide bonds. The molecule has 0 spiro atoms. The van der Waals surface area contributed by atoms with Crippen molar-refractivity contribution in [2.75, 3.05) is 12.9 Å². The molecule has 3 aromatic rings. The third-order valence-electron chi connectivity index (χ3n) is 4.42. The fraction of sp³-hybridized carbons (Fsp3) is 0.273. The minimum absolute atomic E-state index is 0.0478. The van der Waals surface area contributed by atoms with E-state index in [0.29, 0.717) is 23.6 Å². The zero-order chi connectivity index (χ0) is 19.9. The largest absolute Gasteiger partial charge is 0.497 e. The summed E-state index contributed by atoms with van der Waals surface area (Å²) in [5.74, 6) is 1.61. The van der Waals surface area contributed by atoms with E-state index in [4.69, 9.17) is 9.15 Å². The van der Waals surface area contributed by atoms with Gasteiger partial charge in [-0.25, -0.2) is 4.79 Å². The van der Waals surface area contributed by atoms with Gasteiger partial charge in [0.1, 0.15) is 11.3 Å². The summed E-state index contributed by atoms with van der Waals surface area (Å²) in [5, 5.41) is 3.82. The molecule has 28 heavy (non-hydrogen) atoms. The van der Waals surface area contributed by atoms with Gasteiger partial charge in [-0.15, -0.1) is 11.8 Å². The summed E-state index contributed by atoms with van der Waals surface area (Å²) < 4.78 is 10.5. The lowest BCUT2D eigenvalue weighted by Gasteiger charge is -2.08. The van der Waals surface area contributed by atoms with Crippen molar-refractivity contribution in [3.05, 3.63) is 75.6 Å². The normalized spacial score (nSPS) is 10.8. The first-order valence-electron chi connectivity index (χ1n) is 9.12. The lowest BCUT2D eigenvalue weighted by molar-refractivity contribution is -0.118. The zero-order valence-electron chi connectivity index (χ0n) is 16.0. The zero-order valence-corrected chi connectivity index (χ0v) is 16.8. The third-order valence-corrected chi connectivity index (χ3v) is 5.40. The molecular formula is C22H23NO4S. The third kappa shape index (κ3) is 5.16. The van der Waals surface area contributed by atoms with Crippen LogP contribution in [0, 0.1) is 0 Å². The number of rotatable bonds is 8. The van der Waals surface area contributed by atoms with E-state index in [1.54, 1.807) is 7.11 Å². The number of ether oxygens (including phenoxy) is 1. The average molecular weight is 397 g/mol. The van der Waals surface area contributed by atoms with Gasteiger partial charge in [0.2, 0.25) is 5.91 Å². The monoisotopic (exact) mass is 397 g/mol. The number of benzene rings is 2. The van der Waals surface area contributed by atoms with Crippen LogP contribution in [-0.2, 0) is 23.5 Å². The van der Waals surface area contributed by atoms with Crippen molar-refractivity contribution in [3.63, 3.8) is 0 Å². The average Bonchev–Trinajstić information content (AvgIpc) is 2.71. The van der Waals surface area contributed by atoms with E-state index < -0.39 is 0 Å². The maximum absolute atomic E-state index is 12.1. The van der Waals surface area contributed by atoms with E-state index in [2.05, 4.69) is 12.2 Å². The van der Waals surface area contributed by atoms with Crippen molar-refractivity contribution < 1.29 is 13.9 Å². The SMILES string of the molecule is CCc1ccc2c(CSCC(=O)NCc3cccc(OC)c3)cc(=O)oc2c1. The highest BCUT2D eigenvalue weighted by atomic mass is 32.2. The van der Waals surface area contributed by atoms with Crippen LogP contribution in [0.15, 0.2) is 57.7 Å². The van der Waals surface area contributed by atoms with Crippen LogP contribution in [0.4, 0.5) is 0 Å². The molecule has 6 heteroatoms. The first kappa shape index (κ1) is 20.0. The molecule has 5 nitrogen and oxygen atoms in total. The summed E-state index contributed by atoms with van der Waals surface area (Å²) in [5.41, 5.74) is 3.23. The van der Waals surface area contributed by atoms with Crippen LogP contribution in [0.5, 0.6) is 5.75 Å². The molecule has 2 aromatic carbocycles. The second kappa shape index (κ2) is 9.46. The Hall–Kier alpha value is -2.73. The van der Waals surface area contributed by atoms with Gasteiger partial charge in [0, 0.05) is 23.8 Å². The van der Waals surface area contributed by atoms with Crippen LogP contribution >= 0.6 is 11.8 Å². The number of carbonyl (C=O) groups excluding carboxylic acids is 1. The van der Waals surface area contributed by atoms with E-state index >= 15 is 0 Å². The van der Waals surface area contributed by atoms with Gasteiger partial charge in [-0.1, -0.05) is 31.2 Å². The number of hydrogen-bond acceptors (Lipinski definition) is 5. The molecule has 0 radical (unpaired) electrons. The summed E-state index contributed by atoms with van der Waals surface area (Å²) in [7, 11) is 1.62.